The SMILES string of the molecule is CN(c1ccc(N)cn1)C1CCOCC1. The molecule has 2 heterocycles. The molecule has 4 nitrogen and oxygen atoms in total. The van der Waals surface area contributed by atoms with Crippen molar-refractivity contribution in [1.82, 2.24) is 4.98 Å². The van der Waals surface area contributed by atoms with Crippen molar-refractivity contribution in [2.45, 2.75) is 18.9 Å². The first-order valence-electron chi connectivity index (χ1n) is 5.29. The van der Waals surface area contributed by atoms with Crippen LogP contribution in [-0.4, -0.2) is 31.3 Å². The number of aromatic nitrogens is 1. The first-order chi connectivity index (χ1) is 7.27. The average molecular weight is 207 g/mol. The van der Waals surface area contributed by atoms with Crippen molar-refractivity contribution in [3.8, 4) is 0 Å². The van der Waals surface area contributed by atoms with E-state index in [1.54, 1.807) is 6.20 Å². The predicted octanol–water partition coefficient (Wildman–Crippen LogP) is 1.28. The van der Waals surface area contributed by atoms with Crippen molar-refractivity contribution in [2.75, 3.05) is 30.9 Å². The van der Waals surface area contributed by atoms with Crippen LogP contribution in [0.2, 0.25) is 0 Å². The zero-order chi connectivity index (χ0) is 10.7. The minimum atomic E-state index is 0.537. The lowest BCUT2D eigenvalue weighted by Gasteiger charge is -2.32. The summed E-state index contributed by atoms with van der Waals surface area (Å²) in [7, 11) is 2.08. The smallest absolute Gasteiger partial charge is 0.128 e. The van der Waals surface area contributed by atoms with Crippen molar-refractivity contribution in [3.05, 3.63) is 18.3 Å². The summed E-state index contributed by atoms with van der Waals surface area (Å²) >= 11 is 0. The summed E-state index contributed by atoms with van der Waals surface area (Å²) in [5.41, 5.74) is 6.31. The van der Waals surface area contributed by atoms with Gasteiger partial charge in [0.05, 0.1) is 11.9 Å². The lowest BCUT2D eigenvalue weighted by atomic mass is 10.1. The molecule has 1 aliphatic rings. The highest BCUT2D eigenvalue weighted by molar-refractivity contribution is 5.45. The molecule has 0 unspecified atom stereocenters. The van der Waals surface area contributed by atoms with Crippen LogP contribution < -0.4 is 10.6 Å². The summed E-state index contributed by atoms with van der Waals surface area (Å²) in [5.74, 6) is 0.983. The molecule has 0 atom stereocenters. The van der Waals surface area contributed by atoms with E-state index in [-0.39, 0.29) is 0 Å². The molecule has 4 heteroatoms. The molecule has 0 saturated carbocycles. The van der Waals surface area contributed by atoms with Crippen LogP contribution in [0, 0.1) is 0 Å². The van der Waals surface area contributed by atoms with Crippen LogP contribution in [0.4, 0.5) is 11.5 Å². The number of nitrogen functional groups attached to an aromatic ring is 1. The second-order valence-electron chi connectivity index (χ2n) is 3.90. The fraction of sp³-hybridized carbons (Fsp3) is 0.545. The molecule has 0 amide bonds. The average Bonchev–Trinajstić information content (AvgIpc) is 2.30. The molecule has 2 rings (SSSR count). The van der Waals surface area contributed by atoms with E-state index in [2.05, 4.69) is 16.9 Å². The molecular formula is C11H17N3O. The second kappa shape index (κ2) is 4.49. The van der Waals surface area contributed by atoms with Gasteiger partial charge in [-0.15, -0.1) is 0 Å². The predicted molar refractivity (Wildman–Crippen MR) is 60.9 cm³/mol. The molecule has 0 radical (unpaired) electrons. The van der Waals surface area contributed by atoms with E-state index >= 15 is 0 Å². The normalized spacial score (nSPS) is 17.7. The van der Waals surface area contributed by atoms with Crippen LogP contribution in [-0.2, 0) is 4.74 Å². The topological polar surface area (TPSA) is 51.4 Å². The Kier molecular flexibility index (Phi) is 3.06. The zero-order valence-corrected chi connectivity index (χ0v) is 9.02. The molecule has 0 spiro atoms. The van der Waals surface area contributed by atoms with E-state index in [4.69, 9.17) is 10.5 Å². The fourth-order valence-corrected chi connectivity index (χ4v) is 1.87. The highest BCUT2D eigenvalue weighted by Gasteiger charge is 2.19. The highest BCUT2D eigenvalue weighted by Crippen LogP contribution is 2.19. The van der Waals surface area contributed by atoms with Gasteiger partial charge in [-0.25, -0.2) is 4.98 Å². The molecule has 0 bridgehead atoms. The summed E-state index contributed by atoms with van der Waals surface area (Å²) in [5, 5.41) is 0. The van der Waals surface area contributed by atoms with Crippen molar-refractivity contribution in [2.24, 2.45) is 0 Å². The number of rotatable bonds is 2. The number of anilines is 2. The second-order valence-corrected chi connectivity index (χ2v) is 3.90. The molecule has 0 aliphatic carbocycles. The van der Waals surface area contributed by atoms with Crippen LogP contribution in [0.5, 0.6) is 0 Å². The maximum atomic E-state index is 5.60. The van der Waals surface area contributed by atoms with E-state index < -0.39 is 0 Å². The fourth-order valence-electron chi connectivity index (χ4n) is 1.87. The molecule has 1 aromatic rings. The maximum absolute atomic E-state index is 5.60. The number of ether oxygens (including phenoxy) is 1. The summed E-state index contributed by atoms with van der Waals surface area (Å²) in [6.07, 6.45) is 3.84. The van der Waals surface area contributed by atoms with E-state index in [0.717, 1.165) is 31.9 Å². The van der Waals surface area contributed by atoms with Gasteiger partial charge in [0.2, 0.25) is 0 Å². The Hall–Kier alpha value is -1.29. The van der Waals surface area contributed by atoms with Gasteiger partial charge in [-0.2, -0.15) is 0 Å². The van der Waals surface area contributed by atoms with Gasteiger partial charge in [0.15, 0.2) is 0 Å². The quantitative estimate of drug-likeness (QED) is 0.793. The number of nitrogens with zero attached hydrogens (tertiary/aromatic N) is 2. The molecule has 1 saturated heterocycles. The number of nitrogens with two attached hydrogens (primary N) is 1. The molecule has 0 aromatic carbocycles. The third-order valence-corrected chi connectivity index (χ3v) is 2.87. The molecule has 82 valence electrons. The largest absolute Gasteiger partial charge is 0.397 e. The van der Waals surface area contributed by atoms with Gasteiger partial charge in [-0.1, -0.05) is 0 Å². The van der Waals surface area contributed by atoms with Crippen LogP contribution in [0.3, 0.4) is 0 Å². The minimum absolute atomic E-state index is 0.537. The molecule has 1 fully saturated rings. The van der Waals surface area contributed by atoms with Crippen molar-refractivity contribution >= 4 is 11.5 Å². The number of hydrogen-bond acceptors (Lipinski definition) is 4. The van der Waals surface area contributed by atoms with Gasteiger partial charge >= 0.3 is 0 Å². The van der Waals surface area contributed by atoms with Crippen molar-refractivity contribution in [3.63, 3.8) is 0 Å². The molecule has 15 heavy (non-hydrogen) atoms. The van der Waals surface area contributed by atoms with Gasteiger partial charge in [0.25, 0.3) is 0 Å². The lowest BCUT2D eigenvalue weighted by molar-refractivity contribution is 0.0853. The third-order valence-electron chi connectivity index (χ3n) is 2.87. The molecule has 1 aromatic heterocycles. The van der Waals surface area contributed by atoms with E-state index in [1.807, 2.05) is 12.1 Å². The number of hydrogen-bond donors (Lipinski definition) is 1. The Morgan fingerprint density at radius 2 is 2.13 bits per heavy atom. The Labute approximate surface area is 90.0 Å². The van der Waals surface area contributed by atoms with Crippen LogP contribution in [0.1, 0.15) is 12.8 Å². The Morgan fingerprint density at radius 1 is 1.40 bits per heavy atom. The Balaban J connectivity index is 2.05. The van der Waals surface area contributed by atoms with Gasteiger partial charge in [0, 0.05) is 26.3 Å². The Morgan fingerprint density at radius 3 is 2.73 bits per heavy atom. The van der Waals surface area contributed by atoms with Gasteiger partial charge in [-0.05, 0) is 25.0 Å². The van der Waals surface area contributed by atoms with E-state index in [0.29, 0.717) is 11.7 Å². The monoisotopic (exact) mass is 207 g/mol. The lowest BCUT2D eigenvalue weighted by Crippen LogP contribution is -2.37. The van der Waals surface area contributed by atoms with E-state index in [1.165, 1.54) is 0 Å². The van der Waals surface area contributed by atoms with Crippen LogP contribution in [0.15, 0.2) is 18.3 Å². The first kappa shape index (κ1) is 10.2. The first-order valence-corrected chi connectivity index (χ1v) is 5.29. The van der Waals surface area contributed by atoms with Crippen LogP contribution >= 0.6 is 0 Å². The van der Waals surface area contributed by atoms with Gasteiger partial charge in [0.1, 0.15) is 5.82 Å². The van der Waals surface area contributed by atoms with Crippen molar-refractivity contribution < 1.29 is 4.74 Å². The summed E-state index contributed by atoms with van der Waals surface area (Å²) in [6.45, 7) is 1.70. The summed E-state index contributed by atoms with van der Waals surface area (Å²) in [6, 6.07) is 4.39. The summed E-state index contributed by atoms with van der Waals surface area (Å²) < 4.78 is 5.34. The number of pyridine rings is 1. The maximum Gasteiger partial charge on any atom is 0.128 e. The van der Waals surface area contributed by atoms with Gasteiger partial charge < -0.3 is 15.4 Å². The Bertz CT molecular complexity index is 306. The molecule has 2 N–H and O–H groups in total. The zero-order valence-electron chi connectivity index (χ0n) is 9.02. The van der Waals surface area contributed by atoms with Crippen LogP contribution in [0.25, 0.3) is 0 Å². The molecular weight excluding hydrogens is 190 g/mol. The third kappa shape index (κ3) is 2.39. The van der Waals surface area contributed by atoms with Gasteiger partial charge in [-0.3, -0.25) is 0 Å². The van der Waals surface area contributed by atoms with E-state index in [9.17, 15) is 0 Å². The molecule has 1 aliphatic heterocycles. The minimum Gasteiger partial charge on any atom is -0.397 e. The summed E-state index contributed by atoms with van der Waals surface area (Å²) in [4.78, 5) is 6.52. The highest BCUT2D eigenvalue weighted by atomic mass is 16.5. The standard InChI is InChI=1S/C11H17N3O/c1-14(10-4-6-15-7-5-10)11-3-2-9(12)8-13-11/h2-3,8,10H,4-7,12H2,1H3. The van der Waals surface area contributed by atoms with Crippen molar-refractivity contribution in [1.29, 1.82) is 0 Å².